The highest BCUT2D eigenvalue weighted by Crippen LogP contribution is 2.41. The Morgan fingerprint density at radius 3 is 2.77 bits per heavy atom. The number of nitrogens with zero attached hydrogens (tertiary/aromatic N) is 2. The minimum atomic E-state index is 0.135. The Labute approximate surface area is 132 Å². The average Bonchev–Trinajstić information content (AvgIpc) is 2.83. The van der Waals surface area contributed by atoms with Crippen LogP contribution in [0.5, 0.6) is 0 Å². The van der Waals surface area contributed by atoms with Crippen LogP contribution in [-0.4, -0.2) is 29.4 Å². The fourth-order valence-electron chi connectivity index (χ4n) is 3.90. The Balaban J connectivity index is 1.52. The van der Waals surface area contributed by atoms with Crippen LogP contribution in [0.15, 0.2) is 24.3 Å². The standard InChI is InChI=1S/C18H23N3O/c1-21-17(22)7-10-18(21)8-5-16(6-9-18)20-13-15-4-2-3-14(11-15)12-19/h2-4,11,16,20H,5-10,13H2,1H3. The highest BCUT2D eigenvalue weighted by atomic mass is 16.2. The molecule has 0 bridgehead atoms. The molecule has 0 unspecified atom stereocenters. The maximum Gasteiger partial charge on any atom is 0.222 e. The van der Waals surface area contributed by atoms with Crippen molar-refractivity contribution < 1.29 is 4.79 Å². The molecular weight excluding hydrogens is 274 g/mol. The van der Waals surface area contributed by atoms with Gasteiger partial charge in [0.15, 0.2) is 0 Å². The predicted octanol–water partition coefficient (Wildman–Crippen LogP) is 2.58. The minimum absolute atomic E-state index is 0.135. The highest BCUT2D eigenvalue weighted by molar-refractivity contribution is 5.79. The van der Waals surface area contributed by atoms with Gasteiger partial charge in [-0.3, -0.25) is 4.79 Å². The second-order valence-corrected chi connectivity index (χ2v) is 6.64. The summed E-state index contributed by atoms with van der Waals surface area (Å²) in [4.78, 5) is 13.8. The number of likely N-dealkylation sites (tertiary alicyclic amines) is 1. The monoisotopic (exact) mass is 297 g/mol. The molecule has 1 N–H and O–H groups in total. The number of hydrogen-bond donors (Lipinski definition) is 1. The second kappa shape index (κ2) is 6.10. The summed E-state index contributed by atoms with van der Waals surface area (Å²) in [6.45, 7) is 0.807. The predicted molar refractivity (Wildman–Crippen MR) is 85.0 cm³/mol. The lowest BCUT2D eigenvalue weighted by molar-refractivity contribution is -0.130. The third kappa shape index (κ3) is 2.86. The molecule has 1 aromatic carbocycles. The maximum atomic E-state index is 11.8. The van der Waals surface area contributed by atoms with Crippen LogP contribution in [0.25, 0.3) is 0 Å². The van der Waals surface area contributed by atoms with Crippen molar-refractivity contribution in [3.05, 3.63) is 35.4 Å². The molecule has 2 aliphatic rings. The van der Waals surface area contributed by atoms with Gasteiger partial charge in [0.2, 0.25) is 5.91 Å². The van der Waals surface area contributed by atoms with E-state index in [4.69, 9.17) is 5.26 Å². The summed E-state index contributed by atoms with van der Waals surface area (Å²) in [5.41, 5.74) is 2.01. The summed E-state index contributed by atoms with van der Waals surface area (Å²) in [5, 5.41) is 12.5. The number of rotatable bonds is 3. The van der Waals surface area contributed by atoms with Crippen molar-refractivity contribution in [1.29, 1.82) is 5.26 Å². The molecule has 3 rings (SSSR count). The molecular formula is C18H23N3O. The number of nitrogens with one attached hydrogen (secondary N) is 1. The Morgan fingerprint density at radius 2 is 2.14 bits per heavy atom. The first kappa shape index (κ1) is 15.1. The van der Waals surface area contributed by atoms with Crippen molar-refractivity contribution in [2.24, 2.45) is 0 Å². The van der Waals surface area contributed by atoms with Gasteiger partial charge in [-0.25, -0.2) is 0 Å². The molecule has 1 saturated heterocycles. The zero-order valence-corrected chi connectivity index (χ0v) is 13.1. The fraction of sp³-hybridized carbons (Fsp3) is 0.556. The van der Waals surface area contributed by atoms with Gasteiger partial charge < -0.3 is 10.2 Å². The van der Waals surface area contributed by atoms with Crippen molar-refractivity contribution in [3.8, 4) is 6.07 Å². The quantitative estimate of drug-likeness (QED) is 0.933. The number of benzene rings is 1. The zero-order valence-electron chi connectivity index (χ0n) is 13.1. The first-order valence-electron chi connectivity index (χ1n) is 8.12. The van der Waals surface area contributed by atoms with Crippen molar-refractivity contribution in [2.75, 3.05) is 7.05 Å². The van der Waals surface area contributed by atoms with E-state index in [2.05, 4.69) is 17.5 Å². The smallest absolute Gasteiger partial charge is 0.222 e. The second-order valence-electron chi connectivity index (χ2n) is 6.64. The molecule has 4 nitrogen and oxygen atoms in total. The molecule has 1 saturated carbocycles. The normalized spacial score (nSPS) is 28.1. The Hall–Kier alpha value is -1.86. The van der Waals surface area contributed by atoms with Gasteiger partial charge in [0.1, 0.15) is 0 Å². The van der Waals surface area contributed by atoms with E-state index in [9.17, 15) is 4.79 Å². The topological polar surface area (TPSA) is 56.1 Å². The highest BCUT2D eigenvalue weighted by Gasteiger charge is 2.44. The lowest BCUT2D eigenvalue weighted by atomic mass is 9.78. The van der Waals surface area contributed by atoms with E-state index in [1.165, 1.54) is 0 Å². The molecule has 0 atom stereocenters. The lowest BCUT2D eigenvalue weighted by Crippen LogP contribution is -2.48. The van der Waals surface area contributed by atoms with Crippen molar-refractivity contribution in [3.63, 3.8) is 0 Å². The van der Waals surface area contributed by atoms with Gasteiger partial charge >= 0.3 is 0 Å². The van der Waals surface area contributed by atoms with E-state index < -0.39 is 0 Å². The van der Waals surface area contributed by atoms with Gasteiger partial charge in [0, 0.05) is 31.6 Å². The maximum absolute atomic E-state index is 11.8. The zero-order chi connectivity index (χ0) is 15.6. The number of amides is 1. The summed E-state index contributed by atoms with van der Waals surface area (Å²) in [7, 11) is 1.97. The van der Waals surface area contributed by atoms with Crippen molar-refractivity contribution >= 4 is 5.91 Å². The van der Waals surface area contributed by atoms with Crippen LogP contribution in [0.4, 0.5) is 0 Å². The van der Waals surface area contributed by atoms with E-state index in [-0.39, 0.29) is 5.54 Å². The SMILES string of the molecule is CN1C(=O)CCC12CCC(NCc1cccc(C#N)c1)CC2. The van der Waals surface area contributed by atoms with E-state index in [0.717, 1.165) is 50.6 Å². The summed E-state index contributed by atoms with van der Waals surface area (Å²) in [6.07, 6.45) is 6.19. The molecule has 1 amide bonds. The molecule has 1 spiro atoms. The van der Waals surface area contributed by atoms with Crippen LogP contribution in [-0.2, 0) is 11.3 Å². The van der Waals surface area contributed by atoms with Crippen LogP contribution in [0.1, 0.15) is 49.7 Å². The van der Waals surface area contributed by atoms with Crippen LogP contribution >= 0.6 is 0 Å². The summed E-state index contributed by atoms with van der Waals surface area (Å²) < 4.78 is 0. The number of nitriles is 1. The Bertz CT molecular complexity index is 597. The molecule has 4 heteroatoms. The summed E-state index contributed by atoms with van der Waals surface area (Å²) >= 11 is 0. The van der Waals surface area contributed by atoms with Crippen LogP contribution in [0.3, 0.4) is 0 Å². The molecule has 116 valence electrons. The Morgan fingerprint density at radius 1 is 1.36 bits per heavy atom. The fourth-order valence-corrected chi connectivity index (χ4v) is 3.90. The number of carbonyl (C=O) groups excluding carboxylic acids is 1. The molecule has 1 aromatic rings. The largest absolute Gasteiger partial charge is 0.340 e. The molecule has 2 fully saturated rings. The van der Waals surface area contributed by atoms with Crippen molar-refractivity contribution in [1.82, 2.24) is 10.2 Å². The van der Waals surface area contributed by atoms with E-state index >= 15 is 0 Å². The molecule has 22 heavy (non-hydrogen) atoms. The van der Waals surface area contributed by atoms with Gasteiger partial charge in [0.05, 0.1) is 11.6 Å². The third-order valence-corrected chi connectivity index (χ3v) is 5.46. The lowest BCUT2D eigenvalue weighted by Gasteiger charge is -2.42. The summed E-state index contributed by atoms with van der Waals surface area (Å²) in [6, 6.07) is 10.5. The molecule has 0 radical (unpaired) electrons. The average molecular weight is 297 g/mol. The molecule has 0 aromatic heterocycles. The van der Waals surface area contributed by atoms with Crippen LogP contribution in [0.2, 0.25) is 0 Å². The van der Waals surface area contributed by atoms with Crippen molar-refractivity contribution in [2.45, 2.75) is 56.7 Å². The first-order chi connectivity index (χ1) is 10.6. The molecule has 1 heterocycles. The van der Waals surface area contributed by atoms with E-state index in [0.29, 0.717) is 17.5 Å². The van der Waals surface area contributed by atoms with Gasteiger partial charge in [-0.1, -0.05) is 12.1 Å². The molecule has 1 aliphatic heterocycles. The Kier molecular flexibility index (Phi) is 4.17. The van der Waals surface area contributed by atoms with E-state index in [1.807, 2.05) is 30.1 Å². The van der Waals surface area contributed by atoms with Gasteiger partial charge in [-0.2, -0.15) is 5.26 Å². The minimum Gasteiger partial charge on any atom is -0.340 e. The number of carbonyl (C=O) groups is 1. The van der Waals surface area contributed by atoms with E-state index in [1.54, 1.807) is 0 Å². The van der Waals surface area contributed by atoms with Crippen LogP contribution < -0.4 is 5.32 Å². The van der Waals surface area contributed by atoms with Gasteiger partial charge in [-0.05, 0) is 49.8 Å². The summed E-state index contributed by atoms with van der Waals surface area (Å²) in [5.74, 6) is 0.305. The number of hydrogen-bond acceptors (Lipinski definition) is 3. The van der Waals surface area contributed by atoms with Gasteiger partial charge in [0.25, 0.3) is 0 Å². The van der Waals surface area contributed by atoms with Crippen LogP contribution in [0, 0.1) is 11.3 Å². The molecule has 1 aliphatic carbocycles. The third-order valence-electron chi connectivity index (χ3n) is 5.46. The van der Waals surface area contributed by atoms with Gasteiger partial charge in [-0.15, -0.1) is 0 Å². The first-order valence-corrected chi connectivity index (χ1v) is 8.12.